The Hall–Kier alpha value is -1.84. The number of amides is 2. The monoisotopic (exact) mass is 344 g/mol. The van der Waals surface area contributed by atoms with Gasteiger partial charge in [0.1, 0.15) is 0 Å². The fourth-order valence-electron chi connectivity index (χ4n) is 3.52. The van der Waals surface area contributed by atoms with Gasteiger partial charge in [-0.1, -0.05) is 38.8 Å². The number of rotatable bonds is 5. The van der Waals surface area contributed by atoms with Crippen molar-refractivity contribution in [2.75, 3.05) is 5.32 Å². The molecule has 1 fully saturated rings. The third-order valence-electron chi connectivity index (χ3n) is 4.89. The standard InChI is InChI=1S/C21H32N2O2/c1-15(2)16-8-10-17(11-9-16)22-19(25)21(12-6-7-13-21)14-18(24)23-20(3,4)5/h8-11,15H,6-7,12-14H2,1-5H3,(H,22,25)(H,23,24). The van der Waals surface area contributed by atoms with Gasteiger partial charge in [-0.3, -0.25) is 9.59 Å². The van der Waals surface area contributed by atoms with Gasteiger partial charge in [0, 0.05) is 17.6 Å². The molecule has 0 atom stereocenters. The van der Waals surface area contributed by atoms with Crippen LogP contribution in [-0.2, 0) is 9.59 Å². The molecule has 1 aliphatic carbocycles. The van der Waals surface area contributed by atoms with E-state index in [0.29, 0.717) is 5.92 Å². The van der Waals surface area contributed by atoms with Crippen molar-refractivity contribution in [1.29, 1.82) is 0 Å². The zero-order chi connectivity index (χ0) is 18.7. The minimum absolute atomic E-state index is 0.0219. The van der Waals surface area contributed by atoms with Crippen LogP contribution >= 0.6 is 0 Å². The summed E-state index contributed by atoms with van der Waals surface area (Å²) in [5.74, 6) is 0.401. The molecular formula is C21H32N2O2. The highest BCUT2D eigenvalue weighted by molar-refractivity contribution is 5.98. The second kappa shape index (κ2) is 7.59. The lowest BCUT2D eigenvalue weighted by Gasteiger charge is -2.29. The van der Waals surface area contributed by atoms with E-state index in [2.05, 4.69) is 24.5 Å². The van der Waals surface area contributed by atoms with E-state index in [1.807, 2.05) is 45.0 Å². The van der Waals surface area contributed by atoms with Gasteiger partial charge in [0.25, 0.3) is 0 Å². The molecule has 2 amide bonds. The molecule has 1 aromatic carbocycles. The summed E-state index contributed by atoms with van der Waals surface area (Å²) in [5, 5.41) is 6.03. The summed E-state index contributed by atoms with van der Waals surface area (Å²) >= 11 is 0. The number of nitrogens with one attached hydrogen (secondary N) is 2. The highest BCUT2D eigenvalue weighted by atomic mass is 16.2. The molecule has 138 valence electrons. The summed E-state index contributed by atoms with van der Waals surface area (Å²) < 4.78 is 0. The van der Waals surface area contributed by atoms with Crippen molar-refractivity contribution in [2.45, 2.75) is 78.2 Å². The summed E-state index contributed by atoms with van der Waals surface area (Å²) in [7, 11) is 0. The highest BCUT2D eigenvalue weighted by Gasteiger charge is 2.43. The molecule has 2 rings (SSSR count). The van der Waals surface area contributed by atoms with Crippen LogP contribution < -0.4 is 10.6 Å². The molecule has 0 unspecified atom stereocenters. The van der Waals surface area contributed by atoms with Crippen molar-refractivity contribution in [1.82, 2.24) is 5.32 Å². The van der Waals surface area contributed by atoms with Gasteiger partial charge in [0.05, 0.1) is 5.41 Å². The summed E-state index contributed by atoms with van der Waals surface area (Å²) in [6, 6.07) is 8.00. The first-order valence-corrected chi connectivity index (χ1v) is 9.34. The normalized spacial score (nSPS) is 16.7. The van der Waals surface area contributed by atoms with Gasteiger partial charge in [0.2, 0.25) is 11.8 Å². The van der Waals surface area contributed by atoms with Crippen LogP contribution in [0.1, 0.15) is 78.2 Å². The van der Waals surface area contributed by atoms with Crippen molar-refractivity contribution in [3.05, 3.63) is 29.8 Å². The first kappa shape index (κ1) is 19.5. The smallest absolute Gasteiger partial charge is 0.231 e. The quantitative estimate of drug-likeness (QED) is 0.819. The number of anilines is 1. The Morgan fingerprint density at radius 3 is 2.12 bits per heavy atom. The Kier molecular flexibility index (Phi) is 5.91. The van der Waals surface area contributed by atoms with Crippen molar-refractivity contribution >= 4 is 17.5 Å². The second-order valence-electron chi connectivity index (χ2n) is 8.69. The van der Waals surface area contributed by atoms with E-state index in [0.717, 1.165) is 31.4 Å². The maximum absolute atomic E-state index is 13.0. The van der Waals surface area contributed by atoms with Crippen LogP contribution in [-0.4, -0.2) is 17.4 Å². The third-order valence-corrected chi connectivity index (χ3v) is 4.89. The molecule has 1 aliphatic rings. The lowest BCUT2D eigenvalue weighted by atomic mass is 9.81. The fourth-order valence-corrected chi connectivity index (χ4v) is 3.52. The third kappa shape index (κ3) is 5.32. The molecular weight excluding hydrogens is 312 g/mol. The van der Waals surface area contributed by atoms with Crippen LogP contribution in [0.25, 0.3) is 0 Å². The first-order valence-electron chi connectivity index (χ1n) is 9.34. The highest BCUT2D eigenvalue weighted by Crippen LogP contribution is 2.42. The lowest BCUT2D eigenvalue weighted by Crippen LogP contribution is -2.45. The van der Waals surface area contributed by atoms with Crippen LogP contribution in [0.3, 0.4) is 0 Å². The topological polar surface area (TPSA) is 58.2 Å². The zero-order valence-electron chi connectivity index (χ0n) is 16.2. The van der Waals surface area contributed by atoms with Gasteiger partial charge in [-0.05, 0) is 57.2 Å². The molecule has 25 heavy (non-hydrogen) atoms. The molecule has 0 aromatic heterocycles. The Labute approximate surface area is 151 Å². The van der Waals surface area contributed by atoms with E-state index < -0.39 is 5.41 Å². The summed E-state index contributed by atoms with van der Waals surface area (Å²) in [4.78, 5) is 25.4. The van der Waals surface area contributed by atoms with Gasteiger partial charge in [-0.2, -0.15) is 0 Å². The van der Waals surface area contributed by atoms with Crippen molar-refractivity contribution < 1.29 is 9.59 Å². The van der Waals surface area contributed by atoms with Crippen LogP contribution in [0, 0.1) is 5.41 Å². The molecule has 0 aliphatic heterocycles. The molecule has 4 nitrogen and oxygen atoms in total. The van der Waals surface area contributed by atoms with Crippen LogP contribution in [0.5, 0.6) is 0 Å². The lowest BCUT2D eigenvalue weighted by molar-refractivity contribution is -0.133. The first-order chi connectivity index (χ1) is 11.6. The number of hydrogen-bond acceptors (Lipinski definition) is 2. The van der Waals surface area contributed by atoms with E-state index in [-0.39, 0.29) is 23.8 Å². The van der Waals surface area contributed by atoms with Gasteiger partial charge in [-0.25, -0.2) is 0 Å². The van der Waals surface area contributed by atoms with E-state index in [1.54, 1.807) is 0 Å². The van der Waals surface area contributed by atoms with Crippen LogP contribution in [0.4, 0.5) is 5.69 Å². The van der Waals surface area contributed by atoms with Crippen molar-refractivity contribution in [3.63, 3.8) is 0 Å². The molecule has 2 N–H and O–H groups in total. The van der Waals surface area contributed by atoms with Gasteiger partial charge >= 0.3 is 0 Å². The summed E-state index contributed by atoms with van der Waals surface area (Å²) in [6.45, 7) is 10.2. The number of carbonyl (C=O) groups excluding carboxylic acids is 2. The van der Waals surface area contributed by atoms with Gasteiger partial charge < -0.3 is 10.6 Å². The average molecular weight is 344 g/mol. The second-order valence-corrected chi connectivity index (χ2v) is 8.69. The number of carbonyl (C=O) groups is 2. The molecule has 0 heterocycles. The SMILES string of the molecule is CC(C)c1ccc(NC(=O)C2(CC(=O)NC(C)(C)C)CCCC2)cc1. The van der Waals surface area contributed by atoms with E-state index in [4.69, 9.17) is 0 Å². The molecule has 1 saturated carbocycles. The molecule has 1 aromatic rings. The fraction of sp³-hybridized carbons (Fsp3) is 0.619. The van der Waals surface area contributed by atoms with E-state index in [1.165, 1.54) is 5.56 Å². The van der Waals surface area contributed by atoms with E-state index in [9.17, 15) is 9.59 Å². The Balaban J connectivity index is 2.08. The zero-order valence-corrected chi connectivity index (χ0v) is 16.2. The average Bonchev–Trinajstić information content (AvgIpc) is 2.95. The number of benzene rings is 1. The van der Waals surface area contributed by atoms with Crippen LogP contribution in [0.2, 0.25) is 0 Å². The maximum Gasteiger partial charge on any atom is 0.231 e. The Morgan fingerprint density at radius 1 is 1.08 bits per heavy atom. The molecule has 0 bridgehead atoms. The Bertz CT molecular complexity index is 606. The molecule has 0 spiro atoms. The minimum Gasteiger partial charge on any atom is -0.351 e. The predicted molar refractivity (Wildman–Crippen MR) is 103 cm³/mol. The van der Waals surface area contributed by atoms with Crippen molar-refractivity contribution in [3.8, 4) is 0 Å². The predicted octanol–water partition coefficient (Wildman–Crippen LogP) is 4.61. The Morgan fingerprint density at radius 2 is 1.64 bits per heavy atom. The maximum atomic E-state index is 13.0. The summed E-state index contributed by atoms with van der Waals surface area (Å²) in [5.41, 5.74) is 1.20. The van der Waals surface area contributed by atoms with Gasteiger partial charge in [-0.15, -0.1) is 0 Å². The van der Waals surface area contributed by atoms with Gasteiger partial charge in [0.15, 0.2) is 0 Å². The van der Waals surface area contributed by atoms with Crippen molar-refractivity contribution in [2.24, 2.45) is 5.41 Å². The van der Waals surface area contributed by atoms with E-state index >= 15 is 0 Å². The summed E-state index contributed by atoms with van der Waals surface area (Å²) in [6.07, 6.45) is 3.83. The molecule has 0 saturated heterocycles. The molecule has 4 heteroatoms. The minimum atomic E-state index is -0.577. The largest absolute Gasteiger partial charge is 0.351 e. The number of hydrogen-bond donors (Lipinski definition) is 2. The van der Waals surface area contributed by atoms with Crippen LogP contribution in [0.15, 0.2) is 24.3 Å². The molecule has 0 radical (unpaired) electrons.